The highest BCUT2D eigenvalue weighted by atomic mass is 35.5. The van der Waals surface area contributed by atoms with Crippen LogP contribution in [0.15, 0.2) is 36.4 Å². The summed E-state index contributed by atoms with van der Waals surface area (Å²) in [6.45, 7) is 5.71. The van der Waals surface area contributed by atoms with Gasteiger partial charge in [-0.05, 0) is 50.4 Å². The van der Waals surface area contributed by atoms with E-state index in [1.54, 1.807) is 4.90 Å². The lowest BCUT2D eigenvalue weighted by Gasteiger charge is -2.38. The molecule has 2 aromatic carbocycles. The number of anilines is 2. The maximum atomic E-state index is 9.13. The summed E-state index contributed by atoms with van der Waals surface area (Å²) in [6.07, 6.45) is 5.42. The van der Waals surface area contributed by atoms with E-state index in [2.05, 4.69) is 59.3 Å². The Morgan fingerprint density at radius 1 is 1.16 bits per heavy atom. The zero-order valence-electron chi connectivity index (χ0n) is 22.1. The number of aromatic nitrogens is 2. The van der Waals surface area contributed by atoms with Gasteiger partial charge in [-0.3, -0.25) is 0 Å². The van der Waals surface area contributed by atoms with E-state index in [0.717, 1.165) is 78.6 Å². The van der Waals surface area contributed by atoms with Crippen molar-refractivity contribution < 1.29 is 4.74 Å². The molecule has 38 heavy (non-hydrogen) atoms. The van der Waals surface area contributed by atoms with Gasteiger partial charge in [0.05, 0.1) is 17.3 Å². The van der Waals surface area contributed by atoms with Crippen LogP contribution < -0.4 is 14.5 Å². The number of ether oxygens (including phenoxy) is 1. The van der Waals surface area contributed by atoms with E-state index < -0.39 is 0 Å². The number of hydrogen-bond acceptors (Lipinski definition) is 8. The normalized spacial score (nSPS) is 19.8. The Morgan fingerprint density at radius 2 is 1.97 bits per heavy atom. The molecule has 3 aromatic rings. The van der Waals surface area contributed by atoms with E-state index >= 15 is 0 Å². The molecule has 0 saturated carbocycles. The largest absolute Gasteiger partial charge is 0.462 e. The Hall–Kier alpha value is -3.28. The molecule has 4 heterocycles. The van der Waals surface area contributed by atoms with Gasteiger partial charge in [-0.2, -0.15) is 15.2 Å². The number of benzene rings is 2. The lowest BCUT2D eigenvalue weighted by atomic mass is 9.99. The second-order valence-electron chi connectivity index (χ2n) is 10.9. The Labute approximate surface area is 229 Å². The minimum atomic E-state index is 0.400. The van der Waals surface area contributed by atoms with Crippen molar-refractivity contribution in [1.29, 1.82) is 5.26 Å². The summed E-state index contributed by atoms with van der Waals surface area (Å²) in [5, 5.41) is 12.1. The van der Waals surface area contributed by atoms with E-state index in [0.29, 0.717) is 31.1 Å². The fourth-order valence-corrected chi connectivity index (χ4v) is 6.39. The Morgan fingerprint density at radius 3 is 2.74 bits per heavy atom. The van der Waals surface area contributed by atoms with E-state index in [-0.39, 0.29) is 0 Å². The number of fused-ring (bicyclic) bond motifs is 2. The van der Waals surface area contributed by atoms with Gasteiger partial charge in [0.2, 0.25) is 0 Å². The first-order valence-corrected chi connectivity index (χ1v) is 13.9. The van der Waals surface area contributed by atoms with Crippen LogP contribution in [0.3, 0.4) is 0 Å². The third-order valence-electron chi connectivity index (χ3n) is 8.26. The fraction of sp³-hybridized carbons (Fsp3) is 0.483. The molecule has 6 rings (SSSR count). The molecule has 8 nitrogen and oxygen atoms in total. The molecule has 3 aliphatic heterocycles. The summed E-state index contributed by atoms with van der Waals surface area (Å²) in [4.78, 5) is 18.7. The molecular formula is C29H34ClN7O. The van der Waals surface area contributed by atoms with Crippen molar-refractivity contribution in [2.24, 2.45) is 5.92 Å². The molecule has 198 valence electrons. The monoisotopic (exact) mass is 531 g/mol. The first-order chi connectivity index (χ1) is 18.5. The third kappa shape index (κ3) is 4.81. The lowest BCUT2D eigenvalue weighted by molar-refractivity contribution is 0.175. The molecule has 0 bridgehead atoms. The molecule has 0 aliphatic carbocycles. The maximum Gasteiger partial charge on any atom is 0.318 e. The van der Waals surface area contributed by atoms with E-state index in [1.807, 2.05) is 12.1 Å². The van der Waals surface area contributed by atoms with Gasteiger partial charge in [-0.25, -0.2) is 0 Å². The summed E-state index contributed by atoms with van der Waals surface area (Å²) in [5.41, 5.74) is 3.34. The first-order valence-electron chi connectivity index (χ1n) is 13.5. The van der Waals surface area contributed by atoms with Crippen LogP contribution in [-0.4, -0.2) is 79.2 Å². The summed E-state index contributed by atoms with van der Waals surface area (Å²) < 4.78 is 6.25. The maximum absolute atomic E-state index is 9.13. The number of nitriles is 1. The van der Waals surface area contributed by atoms with Gasteiger partial charge in [-0.15, -0.1) is 0 Å². The van der Waals surface area contributed by atoms with Gasteiger partial charge in [0.15, 0.2) is 6.19 Å². The molecule has 0 unspecified atom stereocenters. The number of likely N-dealkylation sites (tertiary alicyclic amines) is 2. The average molecular weight is 532 g/mol. The predicted molar refractivity (Wildman–Crippen MR) is 151 cm³/mol. The van der Waals surface area contributed by atoms with Gasteiger partial charge in [0.1, 0.15) is 12.4 Å². The minimum Gasteiger partial charge on any atom is -0.462 e. The van der Waals surface area contributed by atoms with Crippen molar-refractivity contribution >= 4 is 33.9 Å². The highest BCUT2D eigenvalue weighted by molar-refractivity contribution is 6.36. The molecular weight excluding hydrogens is 498 g/mol. The fourth-order valence-electron chi connectivity index (χ4n) is 6.12. The molecule has 0 amide bonds. The van der Waals surface area contributed by atoms with Crippen LogP contribution in [-0.2, 0) is 13.0 Å². The standard InChI is InChI=1S/C29H34ClN7O/c1-34-12-5-8-22(34)18-38-29-32-25-17-37(26-10-4-7-21-6-3-9-24(30)27(21)26)13-11-23(25)28(33-29)35(2)14-20-15-36(16-20)19-31/h3-4,6-7,9-10,20,22H,5,8,11-18H2,1-2H3/t22-/m0/s1. The van der Waals surface area contributed by atoms with Crippen LogP contribution in [0.25, 0.3) is 10.8 Å². The van der Waals surface area contributed by atoms with Gasteiger partial charge in [0.25, 0.3) is 0 Å². The first kappa shape index (κ1) is 25.0. The molecule has 2 fully saturated rings. The van der Waals surface area contributed by atoms with Crippen LogP contribution >= 0.6 is 11.6 Å². The highest BCUT2D eigenvalue weighted by Gasteiger charge is 2.31. The summed E-state index contributed by atoms with van der Waals surface area (Å²) in [5.74, 6) is 1.41. The van der Waals surface area contributed by atoms with Crippen molar-refractivity contribution in [1.82, 2.24) is 19.8 Å². The van der Waals surface area contributed by atoms with Crippen LogP contribution in [0.5, 0.6) is 6.01 Å². The second kappa shape index (κ2) is 10.5. The number of rotatable bonds is 7. The zero-order valence-corrected chi connectivity index (χ0v) is 22.9. The van der Waals surface area contributed by atoms with Gasteiger partial charge >= 0.3 is 6.01 Å². The minimum absolute atomic E-state index is 0.400. The Bertz CT molecular complexity index is 1360. The molecule has 1 atom stereocenters. The van der Waals surface area contributed by atoms with Crippen molar-refractivity contribution in [3.05, 3.63) is 52.7 Å². The molecule has 3 aliphatic rings. The number of nitrogens with zero attached hydrogens (tertiary/aromatic N) is 7. The second-order valence-corrected chi connectivity index (χ2v) is 11.3. The summed E-state index contributed by atoms with van der Waals surface area (Å²) >= 11 is 6.67. The van der Waals surface area contributed by atoms with E-state index in [4.69, 9.17) is 31.6 Å². The van der Waals surface area contributed by atoms with Gasteiger partial charge < -0.3 is 24.3 Å². The average Bonchev–Trinajstić information content (AvgIpc) is 3.32. The third-order valence-corrected chi connectivity index (χ3v) is 8.58. The van der Waals surface area contributed by atoms with E-state index in [1.165, 1.54) is 12.0 Å². The summed E-state index contributed by atoms with van der Waals surface area (Å²) in [6, 6.07) is 13.3. The zero-order chi connectivity index (χ0) is 26.2. The van der Waals surface area contributed by atoms with Crippen LogP contribution in [0.2, 0.25) is 5.02 Å². The number of hydrogen-bond donors (Lipinski definition) is 0. The summed E-state index contributed by atoms with van der Waals surface area (Å²) in [7, 11) is 4.26. The molecule has 2 saturated heterocycles. The van der Waals surface area contributed by atoms with Gasteiger partial charge in [-0.1, -0.05) is 35.9 Å². The van der Waals surface area contributed by atoms with Crippen molar-refractivity contribution in [2.45, 2.75) is 31.8 Å². The lowest BCUT2D eigenvalue weighted by Crippen LogP contribution is -2.48. The van der Waals surface area contributed by atoms with E-state index in [9.17, 15) is 0 Å². The van der Waals surface area contributed by atoms with Crippen LogP contribution in [0.4, 0.5) is 11.5 Å². The quantitative estimate of drug-likeness (QED) is 0.421. The van der Waals surface area contributed by atoms with Crippen LogP contribution in [0, 0.1) is 17.4 Å². The smallest absolute Gasteiger partial charge is 0.318 e. The highest BCUT2D eigenvalue weighted by Crippen LogP contribution is 2.37. The number of halogens is 1. The SMILES string of the molecule is CN(CC1CN(C#N)C1)c1nc(OC[C@@H]2CCCN2C)nc2c1CCN(c1cccc3cccc(Cl)c13)C2. The van der Waals surface area contributed by atoms with Crippen LogP contribution in [0.1, 0.15) is 24.1 Å². The van der Waals surface area contributed by atoms with Crippen molar-refractivity contribution in [3.63, 3.8) is 0 Å². The Balaban J connectivity index is 1.30. The molecule has 9 heteroatoms. The van der Waals surface area contributed by atoms with Crippen molar-refractivity contribution in [2.75, 3.05) is 63.2 Å². The predicted octanol–water partition coefficient (Wildman–Crippen LogP) is 4.17. The topological polar surface area (TPSA) is 71.8 Å². The molecule has 0 N–H and O–H groups in total. The molecule has 0 spiro atoms. The Kier molecular flexibility index (Phi) is 6.89. The molecule has 0 radical (unpaired) electrons. The number of likely N-dealkylation sites (N-methyl/N-ethyl adjacent to an activating group) is 1. The van der Waals surface area contributed by atoms with Crippen molar-refractivity contribution in [3.8, 4) is 12.2 Å². The van der Waals surface area contributed by atoms with Gasteiger partial charge in [0, 0.05) is 61.8 Å². The molecule has 1 aromatic heterocycles.